The monoisotopic (exact) mass is 348 g/mol. The highest BCUT2D eigenvalue weighted by Gasteiger charge is 2.25. The lowest BCUT2D eigenvalue weighted by Crippen LogP contribution is -2.08. The molecule has 1 aromatic heterocycles. The standard InChI is InChI=1S/C12H18Br2N2/c1-3-16-11(12(14)8(2)15-16)7-9-4-5-10(13)6-9/h9-10H,3-7H2,1-2H3. The zero-order chi connectivity index (χ0) is 11.7. The van der Waals surface area contributed by atoms with Crippen LogP contribution in [-0.4, -0.2) is 14.6 Å². The molecule has 0 bridgehead atoms. The van der Waals surface area contributed by atoms with Crippen molar-refractivity contribution in [3.8, 4) is 0 Å². The Kier molecular flexibility index (Phi) is 4.11. The van der Waals surface area contributed by atoms with Gasteiger partial charge in [0.05, 0.1) is 15.9 Å². The van der Waals surface area contributed by atoms with Crippen molar-refractivity contribution >= 4 is 31.9 Å². The highest BCUT2D eigenvalue weighted by atomic mass is 79.9. The van der Waals surface area contributed by atoms with Crippen LogP contribution in [-0.2, 0) is 13.0 Å². The maximum absolute atomic E-state index is 4.55. The first kappa shape index (κ1) is 12.6. The quantitative estimate of drug-likeness (QED) is 0.752. The van der Waals surface area contributed by atoms with E-state index in [9.17, 15) is 0 Å². The van der Waals surface area contributed by atoms with Gasteiger partial charge < -0.3 is 0 Å². The van der Waals surface area contributed by atoms with Gasteiger partial charge in [0, 0.05) is 11.4 Å². The largest absolute Gasteiger partial charge is 0.268 e. The molecule has 0 saturated heterocycles. The molecule has 0 amide bonds. The first-order valence-electron chi connectivity index (χ1n) is 5.97. The van der Waals surface area contributed by atoms with Gasteiger partial charge in [-0.2, -0.15) is 5.10 Å². The second kappa shape index (κ2) is 5.21. The van der Waals surface area contributed by atoms with Crippen molar-refractivity contribution in [1.29, 1.82) is 0 Å². The molecule has 1 saturated carbocycles. The molecule has 0 aromatic carbocycles. The van der Waals surface area contributed by atoms with Crippen LogP contribution in [0.5, 0.6) is 0 Å². The Balaban J connectivity index is 2.14. The van der Waals surface area contributed by atoms with E-state index in [4.69, 9.17) is 0 Å². The molecule has 0 spiro atoms. The van der Waals surface area contributed by atoms with Crippen molar-refractivity contribution < 1.29 is 0 Å². The summed E-state index contributed by atoms with van der Waals surface area (Å²) < 4.78 is 3.36. The fourth-order valence-electron chi connectivity index (χ4n) is 2.54. The van der Waals surface area contributed by atoms with Crippen molar-refractivity contribution in [2.45, 2.75) is 50.9 Å². The normalized spacial score (nSPS) is 25.2. The van der Waals surface area contributed by atoms with Gasteiger partial charge in [0.2, 0.25) is 0 Å². The van der Waals surface area contributed by atoms with Crippen molar-refractivity contribution in [2.24, 2.45) is 5.92 Å². The minimum atomic E-state index is 0.732. The first-order valence-corrected chi connectivity index (χ1v) is 7.68. The van der Waals surface area contributed by atoms with Gasteiger partial charge in [-0.25, -0.2) is 0 Å². The van der Waals surface area contributed by atoms with E-state index in [2.05, 4.69) is 55.5 Å². The Morgan fingerprint density at radius 2 is 2.19 bits per heavy atom. The zero-order valence-corrected chi connectivity index (χ0v) is 13.0. The molecule has 90 valence electrons. The number of halogens is 2. The average Bonchev–Trinajstić information content (AvgIpc) is 2.77. The van der Waals surface area contributed by atoms with Gasteiger partial charge in [0.25, 0.3) is 0 Å². The Labute approximate surface area is 114 Å². The molecule has 2 nitrogen and oxygen atoms in total. The Hall–Kier alpha value is 0.170. The van der Waals surface area contributed by atoms with Gasteiger partial charge in [-0.3, -0.25) is 4.68 Å². The molecule has 2 unspecified atom stereocenters. The summed E-state index contributed by atoms with van der Waals surface area (Å²) >= 11 is 7.39. The second-order valence-electron chi connectivity index (χ2n) is 4.64. The Morgan fingerprint density at radius 1 is 1.44 bits per heavy atom. The van der Waals surface area contributed by atoms with E-state index in [0.29, 0.717) is 0 Å². The number of aryl methyl sites for hydroxylation is 2. The lowest BCUT2D eigenvalue weighted by molar-refractivity contribution is 0.507. The van der Waals surface area contributed by atoms with Gasteiger partial charge in [0.15, 0.2) is 0 Å². The molecular weight excluding hydrogens is 332 g/mol. The average molecular weight is 350 g/mol. The number of aromatic nitrogens is 2. The molecule has 2 rings (SSSR count). The Morgan fingerprint density at radius 3 is 2.75 bits per heavy atom. The third-order valence-electron chi connectivity index (χ3n) is 3.41. The molecule has 1 aromatic rings. The van der Waals surface area contributed by atoms with Crippen LogP contribution >= 0.6 is 31.9 Å². The van der Waals surface area contributed by atoms with E-state index in [0.717, 1.165) is 29.4 Å². The fourth-order valence-corrected chi connectivity index (χ4v) is 3.78. The molecule has 1 heterocycles. The lowest BCUT2D eigenvalue weighted by Gasteiger charge is -2.11. The maximum Gasteiger partial charge on any atom is 0.0738 e. The highest BCUT2D eigenvalue weighted by Crippen LogP contribution is 2.34. The number of hydrogen-bond donors (Lipinski definition) is 0. The van der Waals surface area contributed by atoms with Gasteiger partial charge in [-0.15, -0.1) is 0 Å². The predicted molar refractivity (Wildman–Crippen MR) is 74.1 cm³/mol. The van der Waals surface area contributed by atoms with Gasteiger partial charge >= 0.3 is 0 Å². The van der Waals surface area contributed by atoms with Gasteiger partial charge in [0.1, 0.15) is 0 Å². The van der Waals surface area contributed by atoms with Gasteiger partial charge in [-0.05, 0) is 61.4 Å². The summed E-state index contributed by atoms with van der Waals surface area (Å²) in [5, 5.41) is 4.55. The summed E-state index contributed by atoms with van der Waals surface area (Å²) in [7, 11) is 0. The molecular formula is C12H18Br2N2. The smallest absolute Gasteiger partial charge is 0.0738 e. The minimum Gasteiger partial charge on any atom is -0.268 e. The van der Waals surface area contributed by atoms with Crippen molar-refractivity contribution in [2.75, 3.05) is 0 Å². The summed E-state index contributed by atoms with van der Waals surface area (Å²) in [5.74, 6) is 0.821. The molecule has 0 aliphatic heterocycles. The van der Waals surface area contributed by atoms with E-state index >= 15 is 0 Å². The molecule has 4 heteroatoms. The van der Waals surface area contributed by atoms with Crippen LogP contribution in [0.15, 0.2) is 4.47 Å². The van der Waals surface area contributed by atoms with Crippen LogP contribution in [0.25, 0.3) is 0 Å². The van der Waals surface area contributed by atoms with E-state index in [1.54, 1.807) is 0 Å². The van der Waals surface area contributed by atoms with E-state index in [-0.39, 0.29) is 0 Å². The molecule has 2 atom stereocenters. The topological polar surface area (TPSA) is 17.8 Å². The van der Waals surface area contributed by atoms with Crippen LogP contribution < -0.4 is 0 Å². The third-order valence-corrected chi connectivity index (χ3v) is 5.28. The van der Waals surface area contributed by atoms with Crippen molar-refractivity contribution in [3.05, 3.63) is 15.9 Å². The summed E-state index contributed by atoms with van der Waals surface area (Å²) in [6, 6.07) is 0. The zero-order valence-electron chi connectivity index (χ0n) is 9.84. The number of rotatable bonds is 3. The minimum absolute atomic E-state index is 0.732. The molecule has 16 heavy (non-hydrogen) atoms. The molecule has 1 aliphatic rings. The molecule has 0 radical (unpaired) electrons. The van der Waals surface area contributed by atoms with Crippen LogP contribution in [0.4, 0.5) is 0 Å². The SMILES string of the molecule is CCn1nc(C)c(Br)c1CC1CCC(Br)C1. The number of nitrogens with zero attached hydrogens (tertiary/aromatic N) is 2. The third kappa shape index (κ3) is 2.53. The van der Waals surface area contributed by atoms with Crippen molar-refractivity contribution in [1.82, 2.24) is 9.78 Å². The lowest BCUT2D eigenvalue weighted by atomic mass is 10.0. The summed E-state index contributed by atoms with van der Waals surface area (Å²) in [6.45, 7) is 5.19. The first-order chi connectivity index (χ1) is 7.61. The van der Waals surface area contributed by atoms with Crippen LogP contribution in [0, 0.1) is 12.8 Å². The fraction of sp³-hybridized carbons (Fsp3) is 0.750. The van der Waals surface area contributed by atoms with Crippen molar-refractivity contribution in [3.63, 3.8) is 0 Å². The van der Waals surface area contributed by atoms with Crippen LogP contribution in [0.1, 0.15) is 37.6 Å². The number of alkyl halides is 1. The summed E-state index contributed by atoms with van der Waals surface area (Å²) in [6.07, 6.45) is 5.13. The molecule has 1 aliphatic carbocycles. The summed E-state index contributed by atoms with van der Waals surface area (Å²) in [5.41, 5.74) is 2.50. The maximum atomic E-state index is 4.55. The van der Waals surface area contributed by atoms with E-state index in [1.165, 1.54) is 29.4 Å². The van der Waals surface area contributed by atoms with Gasteiger partial charge in [-0.1, -0.05) is 15.9 Å². The summed E-state index contributed by atoms with van der Waals surface area (Å²) in [4.78, 5) is 0.732. The number of hydrogen-bond acceptors (Lipinski definition) is 1. The predicted octanol–water partition coefficient (Wildman–Crippen LogP) is 4.08. The van der Waals surface area contributed by atoms with Crippen LogP contribution in [0.3, 0.4) is 0 Å². The van der Waals surface area contributed by atoms with Crippen LogP contribution in [0.2, 0.25) is 0 Å². The Bertz CT molecular complexity index is 373. The van der Waals surface area contributed by atoms with E-state index in [1.807, 2.05) is 0 Å². The molecule has 1 fully saturated rings. The second-order valence-corrected chi connectivity index (χ2v) is 6.73. The highest BCUT2D eigenvalue weighted by molar-refractivity contribution is 9.10. The molecule has 0 N–H and O–H groups in total. The van der Waals surface area contributed by atoms with E-state index < -0.39 is 0 Å².